The van der Waals surface area contributed by atoms with Crippen LogP contribution in [0, 0.1) is 13.8 Å². The summed E-state index contributed by atoms with van der Waals surface area (Å²) in [7, 11) is 1.64. The summed E-state index contributed by atoms with van der Waals surface area (Å²) in [5, 5.41) is 8.46. The van der Waals surface area contributed by atoms with Crippen molar-refractivity contribution in [1.82, 2.24) is 24.6 Å². The Morgan fingerprint density at radius 1 is 1.09 bits per heavy atom. The molecule has 0 atom stereocenters. The van der Waals surface area contributed by atoms with Crippen LogP contribution in [0.4, 0.5) is 0 Å². The highest BCUT2D eigenvalue weighted by molar-refractivity contribution is 7.99. The van der Waals surface area contributed by atoms with E-state index in [1.807, 2.05) is 71.8 Å². The van der Waals surface area contributed by atoms with Crippen LogP contribution in [0.5, 0.6) is 5.75 Å². The first-order valence-electron chi connectivity index (χ1n) is 10.7. The summed E-state index contributed by atoms with van der Waals surface area (Å²) in [6.07, 6.45) is 3.62. The second kappa shape index (κ2) is 10.4. The van der Waals surface area contributed by atoms with Gasteiger partial charge in [0.25, 0.3) is 0 Å². The highest BCUT2D eigenvalue weighted by Gasteiger charge is 2.14. The quantitative estimate of drug-likeness (QED) is 0.379. The van der Waals surface area contributed by atoms with Gasteiger partial charge in [-0.15, -0.1) is 0 Å². The van der Waals surface area contributed by atoms with Crippen molar-refractivity contribution in [3.63, 3.8) is 0 Å². The molecular formula is C25H27N5O2S. The largest absolute Gasteiger partial charge is 0.497 e. The van der Waals surface area contributed by atoms with Gasteiger partial charge in [0.15, 0.2) is 5.16 Å². The first kappa shape index (κ1) is 22.7. The van der Waals surface area contributed by atoms with E-state index in [-0.39, 0.29) is 11.7 Å². The van der Waals surface area contributed by atoms with Crippen molar-refractivity contribution < 1.29 is 9.53 Å². The fourth-order valence-corrected chi connectivity index (χ4v) is 4.41. The number of carbonyl (C=O) groups is 1. The molecule has 0 saturated heterocycles. The molecule has 0 saturated carbocycles. The molecule has 7 nitrogen and oxygen atoms in total. The van der Waals surface area contributed by atoms with Crippen molar-refractivity contribution in [3.05, 3.63) is 89.5 Å². The van der Waals surface area contributed by atoms with Gasteiger partial charge in [-0.25, -0.2) is 4.98 Å². The van der Waals surface area contributed by atoms with E-state index in [1.54, 1.807) is 13.3 Å². The Kier molecular flexibility index (Phi) is 7.14. The predicted molar refractivity (Wildman–Crippen MR) is 130 cm³/mol. The molecule has 2 heterocycles. The average molecular weight is 462 g/mol. The first-order valence-corrected chi connectivity index (χ1v) is 11.7. The predicted octanol–water partition coefficient (Wildman–Crippen LogP) is 4.15. The third kappa shape index (κ3) is 5.46. The van der Waals surface area contributed by atoms with Gasteiger partial charge >= 0.3 is 0 Å². The number of aromatic nitrogens is 4. The van der Waals surface area contributed by atoms with E-state index in [9.17, 15) is 4.79 Å². The number of ether oxygens (including phenoxy) is 1. The van der Waals surface area contributed by atoms with Crippen molar-refractivity contribution in [3.8, 4) is 11.4 Å². The van der Waals surface area contributed by atoms with Crippen LogP contribution < -0.4 is 10.1 Å². The van der Waals surface area contributed by atoms with E-state index in [4.69, 9.17) is 4.74 Å². The molecule has 0 bridgehead atoms. The highest BCUT2D eigenvalue weighted by Crippen LogP contribution is 2.22. The van der Waals surface area contributed by atoms with Crippen LogP contribution in [0.1, 0.15) is 22.5 Å². The lowest BCUT2D eigenvalue weighted by molar-refractivity contribution is -0.118. The number of carbonyl (C=O) groups excluding carboxylic acids is 1. The smallest absolute Gasteiger partial charge is 0.230 e. The van der Waals surface area contributed by atoms with E-state index < -0.39 is 0 Å². The SMILES string of the molecule is COc1ccc(-n2ccnc2SCC(=O)NCc2c(C)nn(Cc3ccccc3)c2C)cc1. The maximum Gasteiger partial charge on any atom is 0.230 e. The van der Waals surface area contributed by atoms with Gasteiger partial charge in [-0.1, -0.05) is 42.1 Å². The molecule has 0 spiro atoms. The molecule has 8 heteroatoms. The molecular weight excluding hydrogens is 434 g/mol. The van der Waals surface area contributed by atoms with Crippen molar-refractivity contribution in [2.45, 2.75) is 32.1 Å². The Morgan fingerprint density at radius 2 is 1.85 bits per heavy atom. The number of amides is 1. The Hall–Kier alpha value is -3.52. The lowest BCUT2D eigenvalue weighted by Gasteiger charge is -2.09. The lowest BCUT2D eigenvalue weighted by atomic mass is 10.2. The summed E-state index contributed by atoms with van der Waals surface area (Å²) in [5.41, 5.74) is 5.23. The molecule has 0 aliphatic rings. The normalized spacial score (nSPS) is 10.9. The maximum atomic E-state index is 12.6. The van der Waals surface area contributed by atoms with Crippen molar-refractivity contribution in [2.75, 3.05) is 12.9 Å². The van der Waals surface area contributed by atoms with Gasteiger partial charge < -0.3 is 10.1 Å². The number of imidazole rings is 1. The van der Waals surface area contributed by atoms with E-state index >= 15 is 0 Å². The van der Waals surface area contributed by atoms with Gasteiger partial charge in [0, 0.05) is 35.9 Å². The second-order valence-electron chi connectivity index (χ2n) is 7.64. The van der Waals surface area contributed by atoms with E-state index in [1.165, 1.54) is 17.3 Å². The van der Waals surface area contributed by atoms with E-state index in [0.717, 1.165) is 33.5 Å². The lowest BCUT2D eigenvalue weighted by Crippen LogP contribution is -2.25. The fourth-order valence-electron chi connectivity index (χ4n) is 3.60. The molecule has 2 aromatic carbocycles. The molecule has 4 aromatic rings. The number of methoxy groups -OCH3 is 1. The molecule has 33 heavy (non-hydrogen) atoms. The molecule has 0 unspecified atom stereocenters. The number of hydrogen-bond donors (Lipinski definition) is 1. The number of aryl methyl sites for hydroxylation is 1. The number of benzene rings is 2. The summed E-state index contributed by atoms with van der Waals surface area (Å²) < 4.78 is 9.17. The Labute approximate surface area is 197 Å². The molecule has 0 radical (unpaired) electrons. The monoisotopic (exact) mass is 461 g/mol. The minimum atomic E-state index is -0.0427. The van der Waals surface area contributed by atoms with Crippen LogP contribution in [0.15, 0.2) is 72.1 Å². The summed E-state index contributed by atoms with van der Waals surface area (Å²) in [6, 6.07) is 18.0. The molecule has 4 rings (SSSR count). The van der Waals surface area contributed by atoms with Gasteiger partial charge in [0.05, 0.1) is 25.1 Å². The molecule has 1 amide bonds. The zero-order valence-electron chi connectivity index (χ0n) is 19.0. The first-order chi connectivity index (χ1) is 16.0. The minimum absolute atomic E-state index is 0.0427. The van der Waals surface area contributed by atoms with E-state index in [2.05, 4.69) is 27.5 Å². The number of thioether (sulfide) groups is 1. The van der Waals surface area contributed by atoms with Crippen LogP contribution in [-0.4, -0.2) is 38.1 Å². The van der Waals surface area contributed by atoms with Crippen LogP contribution in [0.2, 0.25) is 0 Å². The van der Waals surface area contributed by atoms with Gasteiger partial charge in [-0.2, -0.15) is 5.10 Å². The van der Waals surface area contributed by atoms with Gasteiger partial charge in [0.1, 0.15) is 5.75 Å². The third-order valence-electron chi connectivity index (χ3n) is 5.46. The van der Waals surface area contributed by atoms with E-state index in [0.29, 0.717) is 13.1 Å². The van der Waals surface area contributed by atoms with Crippen molar-refractivity contribution >= 4 is 17.7 Å². The molecule has 0 aliphatic heterocycles. The van der Waals surface area contributed by atoms with Crippen LogP contribution in [0.3, 0.4) is 0 Å². The summed E-state index contributed by atoms with van der Waals surface area (Å²) in [4.78, 5) is 16.9. The summed E-state index contributed by atoms with van der Waals surface area (Å²) >= 11 is 1.40. The number of nitrogens with one attached hydrogen (secondary N) is 1. The fraction of sp³-hybridized carbons (Fsp3) is 0.240. The van der Waals surface area contributed by atoms with Crippen molar-refractivity contribution in [2.24, 2.45) is 0 Å². The average Bonchev–Trinajstić information content (AvgIpc) is 3.41. The molecule has 1 N–H and O–H groups in total. The second-order valence-corrected chi connectivity index (χ2v) is 8.58. The number of nitrogens with zero attached hydrogens (tertiary/aromatic N) is 4. The Bertz CT molecular complexity index is 1220. The Balaban J connectivity index is 1.34. The standard InChI is InChI=1S/C25H27N5O2S/c1-18-23(19(2)30(28-18)16-20-7-5-4-6-8-20)15-27-24(31)17-33-25-26-13-14-29(25)21-9-11-22(32-3)12-10-21/h4-14H,15-17H2,1-3H3,(H,27,31). The molecule has 170 valence electrons. The van der Waals surface area contributed by atoms with Crippen LogP contribution in [-0.2, 0) is 17.9 Å². The number of rotatable bonds is 9. The number of hydrogen-bond acceptors (Lipinski definition) is 5. The molecule has 0 aliphatic carbocycles. The van der Waals surface area contributed by atoms with Gasteiger partial charge in [-0.05, 0) is 43.7 Å². The van der Waals surface area contributed by atoms with Crippen LogP contribution >= 0.6 is 11.8 Å². The highest BCUT2D eigenvalue weighted by atomic mass is 32.2. The molecule has 2 aromatic heterocycles. The zero-order valence-corrected chi connectivity index (χ0v) is 19.8. The third-order valence-corrected chi connectivity index (χ3v) is 6.43. The Morgan fingerprint density at radius 3 is 2.58 bits per heavy atom. The van der Waals surface area contributed by atoms with Crippen LogP contribution in [0.25, 0.3) is 5.69 Å². The van der Waals surface area contributed by atoms with Crippen molar-refractivity contribution in [1.29, 1.82) is 0 Å². The maximum absolute atomic E-state index is 12.6. The minimum Gasteiger partial charge on any atom is -0.497 e. The topological polar surface area (TPSA) is 74.0 Å². The van der Waals surface area contributed by atoms with Gasteiger partial charge in [-0.3, -0.25) is 14.0 Å². The van der Waals surface area contributed by atoms with Gasteiger partial charge in [0.2, 0.25) is 5.91 Å². The summed E-state index contributed by atoms with van der Waals surface area (Å²) in [6.45, 7) is 5.20. The summed E-state index contributed by atoms with van der Waals surface area (Å²) in [5.74, 6) is 1.03. The molecule has 0 fully saturated rings. The zero-order chi connectivity index (χ0) is 23.2.